The fraction of sp³-hybridized carbons (Fsp3) is 0.400. The summed E-state index contributed by atoms with van der Waals surface area (Å²) < 4.78 is 0.763. The molecule has 5 heteroatoms. The van der Waals surface area contributed by atoms with Gasteiger partial charge in [0, 0.05) is 12.3 Å². The predicted molar refractivity (Wildman–Crippen MR) is 65.3 cm³/mol. The molecule has 15 heavy (non-hydrogen) atoms. The van der Waals surface area contributed by atoms with Crippen molar-refractivity contribution in [3.63, 3.8) is 0 Å². The van der Waals surface area contributed by atoms with Gasteiger partial charge in [-0.05, 0) is 41.4 Å². The third-order valence-corrected chi connectivity index (χ3v) is 2.57. The SMILES string of the molecule is Cc1nc(Br)ccc1NC(=O)CCCCl. The lowest BCUT2D eigenvalue weighted by Gasteiger charge is -2.07. The van der Waals surface area contributed by atoms with Gasteiger partial charge in [0.15, 0.2) is 0 Å². The maximum Gasteiger partial charge on any atom is 0.224 e. The van der Waals surface area contributed by atoms with Gasteiger partial charge in [-0.25, -0.2) is 4.98 Å². The van der Waals surface area contributed by atoms with Gasteiger partial charge in [0.05, 0.1) is 11.4 Å². The normalized spacial score (nSPS) is 10.1. The highest BCUT2D eigenvalue weighted by molar-refractivity contribution is 9.10. The molecule has 0 unspecified atom stereocenters. The standard InChI is InChI=1S/C10H12BrClN2O/c1-7-8(4-5-9(11)13-7)14-10(15)3-2-6-12/h4-5H,2-3,6H2,1H3,(H,14,15). The van der Waals surface area contributed by atoms with Crippen molar-refractivity contribution < 1.29 is 4.79 Å². The summed E-state index contributed by atoms with van der Waals surface area (Å²) in [7, 11) is 0. The van der Waals surface area contributed by atoms with Crippen molar-refractivity contribution in [2.75, 3.05) is 11.2 Å². The summed E-state index contributed by atoms with van der Waals surface area (Å²) in [6.07, 6.45) is 1.13. The Kier molecular flexibility index (Phi) is 5.05. The van der Waals surface area contributed by atoms with Crippen LogP contribution < -0.4 is 5.32 Å². The van der Waals surface area contributed by atoms with Crippen molar-refractivity contribution in [1.29, 1.82) is 0 Å². The van der Waals surface area contributed by atoms with Crippen LogP contribution in [0.4, 0.5) is 5.69 Å². The number of anilines is 1. The number of amides is 1. The van der Waals surface area contributed by atoms with E-state index in [1.165, 1.54) is 0 Å². The largest absolute Gasteiger partial charge is 0.325 e. The van der Waals surface area contributed by atoms with Gasteiger partial charge >= 0.3 is 0 Å². The molecule has 0 saturated carbocycles. The van der Waals surface area contributed by atoms with E-state index < -0.39 is 0 Å². The van der Waals surface area contributed by atoms with Crippen LogP contribution in [0.3, 0.4) is 0 Å². The molecule has 0 saturated heterocycles. The summed E-state index contributed by atoms with van der Waals surface area (Å²) in [5.41, 5.74) is 1.54. The fourth-order valence-corrected chi connectivity index (χ4v) is 1.63. The molecule has 0 bridgehead atoms. The summed E-state index contributed by atoms with van der Waals surface area (Å²) in [5, 5.41) is 2.79. The summed E-state index contributed by atoms with van der Waals surface area (Å²) in [6.45, 7) is 1.85. The molecule has 1 aromatic heterocycles. The van der Waals surface area contributed by atoms with Crippen molar-refractivity contribution in [3.05, 3.63) is 22.4 Å². The number of carbonyl (C=O) groups excluding carboxylic acids is 1. The van der Waals surface area contributed by atoms with Crippen LogP contribution >= 0.6 is 27.5 Å². The molecule has 3 nitrogen and oxygen atoms in total. The second kappa shape index (κ2) is 6.08. The summed E-state index contributed by atoms with van der Waals surface area (Å²) >= 11 is 8.77. The summed E-state index contributed by atoms with van der Waals surface area (Å²) in [4.78, 5) is 15.6. The molecule has 82 valence electrons. The first-order valence-corrected chi connectivity index (χ1v) is 5.95. The second-order valence-corrected chi connectivity index (χ2v) is 4.30. The molecule has 0 radical (unpaired) electrons. The van der Waals surface area contributed by atoms with E-state index in [-0.39, 0.29) is 5.91 Å². The fourth-order valence-electron chi connectivity index (χ4n) is 1.10. The van der Waals surface area contributed by atoms with Crippen LogP contribution in [0.15, 0.2) is 16.7 Å². The molecular weight excluding hydrogens is 279 g/mol. The van der Waals surface area contributed by atoms with Gasteiger partial charge in [-0.15, -0.1) is 11.6 Å². The molecular formula is C10H12BrClN2O. The Morgan fingerprint density at radius 1 is 1.60 bits per heavy atom. The van der Waals surface area contributed by atoms with Crippen molar-refractivity contribution in [1.82, 2.24) is 4.98 Å². The highest BCUT2D eigenvalue weighted by Crippen LogP contribution is 2.16. The maximum atomic E-state index is 11.4. The van der Waals surface area contributed by atoms with Crippen LogP contribution in [-0.2, 0) is 4.79 Å². The number of nitrogens with zero attached hydrogens (tertiary/aromatic N) is 1. The first kappa shape index (κ1) is 12.5. The smallest absolute Gasteiger partial charge is 0.224 e. The number of alkyl halides is 1. The van der Waals surface area contributed by atoms with Gasteiger partial charge in [-0.3, -0.25) is 4.79 Å². The van der Waals surface area contributed by atoms with E-state index in [4.69, 9.17) is 11.6 Å². The summed E-state index contributed by atoms with van der Waals surface area (Å²) in [5.74, 6) is 0.480. The molecule has 0 aliphatic rings. The molecule has 0 spiro atoms. The molecule has 1 N–H and O–H groups in total. The Morgan fingerprint density at radius 3 is 2.93 bits per heavy atom. The minimum absolute atomic E-state index is 0.0251. The molecule has 1 rings (SSSR count). The van der Waals surface area contributed by atoms with E-state index in [1.54, 1.807) is 6.07 Å². The van der Waals surface area contributed by atoms with Crippen molar-refractivity contribution >= 4 is 39.1 Å². The lowest BCUT2D eigenvalue weighted by atomic mass is 10.3. The van der Waals surface area contributed by atoms with Crippen molar-refractivity contribution in [2.24, 2.45) is 0 Å². The lowest BCUT2D eigenvalue weighted by molar-refractivity contribution is -0.116. The van der Waals surface area contributed by atoms with Crippen LogP contribution in [0.1, 0.15) is 18.5 Å². The number of carbonyl (C=O) groups is 1. The minimum Gasteiger partial charge on any atom is -0.325 e. The van der Waals surface area contributed by atoms with Crippen molar-refractivity contribution in [3.8, 4) is 0 Å². The molecule has 1 heterocycles. The first-order chi connectivity index (χ1) is 7.13. The zero-order valence-corrected chi connectivity index (χ0v) is 10.7. The molecule has 0 aliphatic heterocycles. The third-order valence-electron chi connectivity index (χ3n) is 1.86. The van der Waals surface area contributed by atoms with E-state index in [0.717, 1.165) is 16.0 Å². The number of aryl methyl sites for hydroxylation is 1. The van der Waals surface area contributed by atoms with Crippen LogP contribution in [0.2, 0.25) is 0 Å². The molecule has 0 atom stereocenters. The lowest BCUT2D eigenvalue weighted by Crippen LogP contribution is -2.12. The average molecular weight is 292 g/mol. The van der Waals surface area contributed by atoms with Gasteiger partial charge in [0.25, 0.3) is 0 Å². The second-order valence-electron chi connectivity index (χ2n) is 3.11. The molecule has 0 fully saturated rings. The summed E-state index contributed by atoms with van der Waals surface area (Å²) in [6, 6.07) is 3.62. The number of hydrogen-bond donors (Lipinski definition) is 1. The molecule has 0 aromatic carbocycles. The molecule has 1 amide bonds. The highest BCUT2D eigenvalue weighted by atomic mass is 79.9. The third kappa shape index (κ3) is 4.18. The number of hydrogen-bond acceptors (Lipinski definition) is 2. The van der Waals surface area contributed by atoms with E-state index >= 15 is 0 Å². The highest BCUT2D eigenvalue weighted by Gasteiger charge is 2.05. The van der Waals surface area contributed by atoms with Gasteiger partial charge in [0.2, 0.25) is 5.91 Å². The minimum atomic E-state index is -0.0251. The number of halogens is 2. The van der Waals surface area contributed by atoms with Gasteiger partial charge < -0.3 is 5.32 Å². The Labute approximate surface area is 102 Å². The Balaban J connectivity index is 2.60. The maximum absolute atomic E-state index is 11.4. The van der Waals surface area contributed by atoms with E-state index in [1.807, 2.05) is 13.0 Å². The van der Waals surface area contributed by atoms with Gasteiger partial charge in [-0.1, -0.05) is 0 Å². The average Bonchev–Trinajstić information content (AvgIpc) is 2.19. The van der Waals surface area contributed by atoms with Crippen LogP contribution in [0, 0.1) is 6.92 Å². The zero-order chi connectivity index (χ0) is 11.3. The number of rotatable bonds is 4. The first-order valence-electron chi connectivity index (χ1n) is 4.62. The molecule has 0 aliphatic carbocycles. The van der Waals surface area contributed by atoms with Crippen LogP contribution in [-0.4, -0.2) is 16.8 Å². The number of nitrogens with one attached hydrogen (secondary N) is 1. The molecule has 1 aromatic rings. The Morgan fingerprint density at radius 2 is 2.33 bits per heavy atom. The van der Waals surface area contributed by atoms with Crippen LogP contribution in [0.25, 0.3) is 0 Å². The van der Waals surface area contributed by atoms with Crippen molar-refractivity contribution in [2.45, 2.75) is 19.8 Å². The Hall–Kier alpha value is -0.610. The monoisotopic (exact) mass is 290 g/mol. The van der Waals surface area contributed by atoms with Crippen LogP contribution in [0.5, 0.6) is 0 Å². The van der Waals surface area contributed by atoms with E-state index in [9.17, 15) is 4.79 Å². The Bertz CT molecular complexity index is 357. The van der Waals surface area contributed by atoms with Gasteiger partial charge in [0.1, 0.15) is 4.60 Å². The van der Waals surface area contributed by atoms with E-state index in [0.29, 0.717) is 18.7 Å². The topological polar surface area (TPSA) is 42.0 Å². The number of aromatic nitrogens is 1. The van der Waals surface area contributed by atoms with Gasteiger partial charge in [-0.2, -0.15) is 0 Å². The number of pyridine rings is 1. The zero-order valence-electron chi connectivity index (χ0n) is 8.39. The van der Waals surface area contributed by atoms with E-state index in [2.05, 4.69) is 26.2 Å². The predicted octanol–water partition coefficient (Wildman–Crippen LogP) is 3.11. The quantitative estimate of drug-likeness (QED) is 0.684.